The van der Waals surface area contributed by atoms with Crippen molar-refractivity contribution in [1.29, 1.82) is 0 Å². The summed E-state index contributed by atoms with van der Waals surface area (Å²) in [5, 5.41) is 12.3. The summed E-state index contributed by atoms with van der Waals surface area (Å²) in [7, 11) is 0. The van der Waals surface area contributed by atoms with E-state index in [2.05, 4.69) is 28.2 Å². The molecule has 0 aliphatic carbocycles. The molecule has 0 bridgehead atoms. The molecule has 0 aliphatic heterocycles. The van der Waals surface area contributed by atoms with Crippen LogP contribution in [0.4, 0.5) is 4.39 Å². The van der Waals surface area contributed by atoms with Gasteiger partial charge in [-0.05, 0) is 36.1 Å². The van der Waals surface area contributed by atoms with Gasteiger partial charge in [0, 0.05) is 23.7 Å². The van der Waals surface area contributed by atoms with Crippen LogP contribution in [0.5, 0.6) is 0 Å². The fraction of sp³-hybridized carbons (Fsp3) is 0.538. The zero-order chi connectivity index (χ0) is 12.8. The number of aliphatic hydroxyl groups excluding tert-OH is 1. The van der Waals surface area contributed by atoms with Crippen molar-refractivity contribution < 1.29 is 9.50 Å². The lowest BCUT2D eigenvalue weighted by molar-refractivity contribution is 0.229. The molecule has 0 saturated carbocycles. The zero-order valence-electron chi connectivity index (χ0n) is 10.2. The van der Waals surface area contributed by atoms with Crippen molar-refractivity contribution in [2.45, 2.75) is 26.3 Å². The van der Waals surface area contributed by atoms with E-state index in [4.69, 9.17) is 5.11 Å². The zero-order valence-corrected chi connectivity index (χ0v) is 11.8. The lowest BCUT2D eigenvalue weighted by atomic mass is 10.0. The predicted molar refractivity (Wildman–Crippen MR) is 71.4 cm³/mol. The highest BCUT2D eigenvalue weighted by atomic mass is 79.9. The molecule has 1 rings (SSSR count). The molecule has 0 fully saturated rings. The summed E-state index contributed by atoms with van der Waals surface area (Å²) in [6, 6.07) is 5.05. The summed E-state index contributed by atoms with van der Waals surface area (Å²) in [5.41, 5.74) is 0.935. The van der Waals surface area contributed by atoms with E-state index in [1.165, 1.54) is 6.07 Å². The molecule has 0 aromatic heterocycles. The minimum absolute atomic E-state index is 0.121. The summed E-state index contributed by atoms with van der Waals surface area (Å²) in [6.45, 7) is 4.92. The van der Waals surface area contributed by atoms with Gasteiger partial charge in [-0.3, -0.25) is 0 Å². The minimum Gasteiger partial charge on any atom is -0.396 e. The van der Waals surface area contributed by atoms with Crippen molar-refractivity contribution in [3.05, 3.63) is 34.1 Å². The van der Waals surface area contributed by atoms with Gasteiger partial charge in [0.25, 0.3) is 0 Å². The van der Waals surface area contributed by atoms with Gasteiger partial charge in [0.15, 0.2) is 0 Å². The van der Waals surface area contributed by atoms with Crippen LogP contribution in [0.15, 0.2) is 22.7 Å². The van der Waals surface area contributed by atoms with Crippen LogP contribution in [0.1, 0.15) is 31.9 Å². The quantitative estimate of drug-likeness (QED) is 0.845. The van der Waals surface area contributed by atoms with Crippen LogP contribution in [0.2, 0.25) is 0 Å². The summed E-state index contributed by atoms with van der Waals surface area (Å²) < 4.78 is 14.0. The first-order valence-electron chi connectivity index (χ1n) is 5.87. The third kappa shape index (κ3) is 4.74. The van der Waals surface area contributed by atoms with Gasteiger partial charge in [-0.1, -0.05) is 29.8 Å². The molecule has 2 N–H and O–H groups in total. The van der Waals surface area contributed by atoms with Crippen LogP contribution >= 0.6 is 15.9 Å². The van der Waals surface area contributed by atoms with Gasteiger partial charge >= 0.3 is 0 Å². The SMILES string of the molecule is CCC(NCC(C)CO)c1cc(F)cc(Br)c1. The molecule has 1 aromatic carbocycles. The smallest absolute Gasteiger partial charge is 0.124 e. The highest BCUT2D eigenvalue weighted by Crippen LogP contribution is 2.22. The number of nitrogens with one attached hydrogen (secondary N) is 1. The predicted octanol–water partition coefficient (Wildman–Crippen LogP) is 3.26. The van der Waals surface area contributed by atoms with Gasteiger partial charge in [-0.25, -0.2) is 4.39 Å². The third-order valence-electron chi connectivity index (χ3n) is 2.72. The Labute approximate surface area is 110 Å². The van der Waals surface area contributed by atoms with Crippen molar-refractivity contribution in [3.63, 3.8) is 0 Å². The average molecular weight is 304 g/mol. The largest absolute Gasteiger partial charge is 0.396 e. The van der Waals surface area contributed by atoms with Crippen molar-refractivity contribution in [2.24, 2.45) is 5.92 Å². The molecule has 0 amide bonds. The van der Waals surface area contributed by atoms with Gasteiger partial charge in [0.05, 0.1) is 0 Å². The van der Waals surface area contributed by atoms with Crippen LogP contribution in [-0.2, 0) is 0 Å². The maximum Gasteiger partial charge on any atom is 0.124 e. The second-order valence-corrected chi connectivity index (χ2v) is 5.28. The fourth-order valence-electron chi connectivity index (χ4n) is 1.68. The molecular weight excluding hydrogens is 285 g/mol. The maximum absolute atomic E-state index is 13.3. The van der Waals surface area contributed by atoms with Gasteiger partial charge in [-0.2, -0.15) is 0 Å². The highest BCUT2D eigenvalue weighted by Gasteiger charge is 2.12. The number of aliphatic hydroxyl groups is 1. The topological polar surface area (TPSA) is 32.3 Å². The second kappa shape index (κ2) is 7.09. The maximum atomic E-state index is 13.3. The van der Waals surface area contributed by atoms with Crippen LogP contribution < -0.4 is 5.32 Å². The monoisotopic (exact) mass is 303 g/mol. The van der Waals surface area contributed by atoms with E-state index in [9.17, 15) is 4.39 Å². The Kier molecular flexibility index (Phi) is 6.09. The molecule has 2 atom stereocenters. The molecule has 2 unspecified atom stereocenters. The third-order valence-corrected chi connectivity index (χ3v) is 3.18. The number of rotatable bonds is 6. The summed E-state index contributed by atoms with van der Waals surface area (Å²) in [4.78, 5) is 0. The number of benzene rings is 1. The van der Waals surface area contributed by atoms with Gasteiger partial charge < -0.3 is 10.4 Å². The van der Waals surface area contributed by atoms with Crippen LogP contribution in [0, 0.1) is 11.7 Å². The second-order valence-electron chi connectivity index (χ2n) is 4.36. The summed E-state index contributed by atoms with van der Waals surface area (Å²) >= 11 is 3.30. The molecule has 0 aliphatic rings. The van der Waals surface area contributed by atoms with Crippen LogP contribution in [-0.4, -0.2) is 18.3 Å². The highest BCUT2D eigenvalue weighted by molar-refractivity contribution is 9.10. The van der Waals surface area contributed by atoms with Gasteiger partial charge in [0.1, 0.15) is 5.82 Å². The van der Waals surface area contributed by atoms with Crippen molar-refractivity contribution in [3.8, 4) is 0 Å². The van der Waals surface area contributed by atoms with Crippen molar-refractivity contribution >= 4 is 15.9 Å². The Morgan fingerprint density at radius 2 is 2.12 bits per heavy atom. The Balaban J connectivity index is 2.72. The Bertz CT molecular complexity index is 339. The molecule has 4 heteroatoms. The van der Waals surface area contributed by atoms with E-state index in [1.54, 1.807) is 6.07 Å². The van der Waals surface area contributed by atoms with Crippen LogP contribution in [0.25, 0.3) is 0 Å². The van der Waals surface area contributed by atoms with Gasteiger partial charge in [-0.15, -0.1) is 0 Å². The molecule has 0 radical (unpaired) electrons. The normalized spacial score (nSPS) is 14.6. The van der Waals surface area contributed by atoms with E-state index in [0.717, 1.165) is 23.0 Å². The fourth-order valence-corrected chi connectivity index (χ4v) is 2.17. The first-order chi connectivity index (χ1) is 8.06. The number of halogens is 2. The first kappa shape index (κ1) is 14.6. The van der Waals surface area contributed by atoms with Gasteiger partial charge in [0.2, 0.25) is 0 Å². The molecular formula is C13H19BrFNO. The number of hydrogen-bond donors (Lipinski definition) is 2. The van der Waals surface area contributed by atoms with E-state index in [1.807, 2.05) is 13.0 Å². The average Bonchev–Trinajstić information content (AvgIpc) is 2.28. The lowest BCUT2D eigenvalue weighted by Crippen LogP contribution is -2.27. The first-order valence-corrected chi connectivity index (χ1v) is 6.66. The lowest BCUT2D eigenvalue weighted by Gasteiger charge is -2.20. The standard InChI is InChI=1S/C13H19BrFNO/c1-3-13(16-7-9(2)8-17)10-4-11(14)6-12(15)5-10/h4-6,9,13,16-17H,3,7-8H2,1-2H3. The van der Waals surface area contributed by atoms with E-state index in [0.29, 0.717) is 0 Å². The van der Waals surface area contributed by atoms with Crippen LogP contribution in [0.3, 0.4) is 0 Å². The molecule has 1 aromatic rings. The van der Waals surface area contributed by atoms with E-state index >= 15 is 0 Å². The Morgan fingerprint density at radius 3 is 2.65 bits per heavy atom. The number of hydrogen-bond acceptors (Lipinski definition) is 2. The molecule has 2 nitrogen and oxygen atoms in total. The Morgan fingerprint density at radius 1 is 1.41 bits per heavy atom. The molecule has 96 valence electrons. The van der Waals surface area contributed by atoms with E-state index in [-0.39, 0.29) is 24.4 Å². The molecule has 0 saturated heterocycles. The minimum atomic E-state index is -0.232. The summed E-state index contributed by atoms with van der Waals surface area (Å²) in [5.74, 6) is -0.0223. The van der Waals surface area contributed by atoms with Crippen molar-refractivity contribution in [1.82, 2.24) is 5.32 Å². The molecule has 17 heavy (non-hydrogen) atoms. The molecule has 0 heterocycles. The van der Waals surface area contributed by atoms with E-state index < -0.39 is 0 Å². The molecule has 0 spiro atoms. The summed E-state index contributed by atoms with van der Waals surface area (Å²) in [6.07, 6.45) is 0.883. The Hall–Kier alpha value is -0.450. The van der Waals surface area contributed by atoms with Crippen molar-refractivity contribution in [2.75, 3.05) is 13.2 Å².